The number of nitrogens with zero attached hydrogens (tertiary/aromatic N) is 4. The van der Waals surface area contributed by atoms with Gasteiger partial charge in [-0.2, -0.15) is 5.26 Å². The van der Waals surface area contributed by atoms with Gasteiger partial charge in [0.1, 0.15) is 11.6 Å². The van der Waals surface area contributed by atoms with E-state index in [2.05, 4.69) is 9.55 Å². The van der Waals surface area contributed by atoms with Gasteiger partial charge in [-0.15, -0.1) is 0 Å². The van der Waals surface area contributed by atoms with Crippen LogP contribution in [0.2, 0.25) is 0 Å². The van der Waals surface area contributed by atoms with Gasteiger partial charge in [0, 0.05) is 32.5 Å². The van der Waals surface area contributed by atoms with Gasteiger partial charge in [-0.05, 0) is 31.5 Å². The van der Waals surface area contributed by atoms with Crippen LogP contribution in [0.5, 0.6) is 0 Å². The first-order chi connectivity index (χ1) is 9.61. The Labute approximate surface area is 118 Å². The van der Waals surface area contributed by atoms with Gasteiger partial charge < -0.3 is 9.47 Å². The fourth-order valence-corrected chi connectivity index (χ4v) is 2.12. The molecule has 1 aromatic heterocycles. The Morgan fingerprint density at radius 2 is 2.25 bits per heavy atom. The molecule has 0 aliphatic rings. The number of anilines is 1. The number of rotatable bonds is 5. The van der Waals surface area contributed by atoms with Gasteiger partial charge in [0.2, 0.25) is 0 Å². The summed E-state index contributed by atoms with van der Waals surface area (Å²) >= 11 is 0. The average molecular weight is 272 g/mol. The summed E-state index contributed by atoms with van der Waals surface area (Å²) in [5.41, 5.74) is 0.861. The van der Waals surface area contributed by atoms with Crippen LogP contribution in [0.4, 0.5) is 10.1 Å². The van der Waals surface area contributed by atoms with E-state index >= 15 is 0 Å². The highest BCUT2D eigenvalue weighted by Gasteiger charge is 2.08. The first-order valence-corrected chi connectivity index (χ1v) is 6.50. The smallest absolute Gasteiger partial charge is 0.147 e. The van der Waals surface area contributed by atoms with Gasteiger partial charge in [0.15, 0.2) is 0 Å². The van der Waals surface area contributed by atoms with Crippen molar-refractivity contribution in [2.24, 2.45) is 0 Å². The number of benzene rings is 1. The first kappa shape index (κ1) is 14.1. The van der Waals surface area contributed by atoms with Crippen LogP contribution >= 0.6 is 0 Å². The van der Waals surface area contributed by atoms with Crippen LogP contribution in [0.1, 0.15) is 17.8 Å². The lowest BCUT2D eigenvalue weighted by Crippen LogP contribution is -2.21. The molecule has 20 heavy (non-hydrogen) atoms. The summed E-state index contributed by atoms with van der Waals surface area (Å²) in [5, 5.41) is 8.73. The van der Waals surface area contributed by atoms with Crippen molar-refractivity contribution in [1.29, 1.82) is 5.26 Å². The molecule has 1 heterocycles. The third-order valence-electron chi connectivity index (χ3n) is 3.30. The monoisotopic (exact) mass is 272 g/mol. The van der Waals surface area contributed by atoms with Crippen LogP contribution in [0.15, 0.2) is 30.6 Å². The minimum atomic E-state index is -0.356. The topological polar surface area (TPSA) is 44.9 Å². The molecular formula is C15H17FN4. The highest BCUT2D eigenvalue weighted by Crippen LogP contribution is 2.19. The largest absolute Gasteiger partial charge is 0.372 e. The lowest BCUT2D eigenvalue weighted by Gasteiger charge is -2.20. The number of nitriles is 1. The van der Waals surface area contributed by atoms with Gasteiger partial charge in [0.05, 0.1) is 17.3 Å². The molecule has 2 rings (SSSR count). The number of hydrogen-bond acceptors (Lipinski definition) is 3. The van der Waals surface area contributed by atoms with Crippen LogP contribution in [0.25, 0.3) is 0 Å². The Morgan fingerprint density at radius 1 is 1.45 bits per heavy atom. The number of hydrogen-bond donors (Lipinski definition) is 0. The number of aryl methyl sites for hydroxylation is 2. The third kappa shape index (κ3) is 3.15. The van der Waals surface area contributed by atoms with E-state index in [0.717, 1.165) is 25.3 Å². The lowest BCUT2D eigenvalue weighted by molar-refractivity contribution is 0.601. The van der Waals surface area contributed by atoms with Crippen molar-refractivity contribution >= 4 is 5.69 Å². The summed E-state index contributed by atoms with van der Waals surface area (Å²) in [7, 11) is 1.85. The molecule has 0 aliphatic heterocycles. The number of halogens is 1. The molecule has 0 atom stereocenters. The number of aromatic nitrogens is 2. The molecule has 0 radical (unpaired) electrons. The molecule has 5 heteroatoms. The Balaban J connectivity index is 1.94. The van der Waals surface area contributed by atoms with Crippen LogP contribution in [0, 0.1) is 24.1 Å². The van der Waals surface area contributed by atoms with E-state index in [1.165, 1.54) is 6.07 Å². The normalized spacial score (nSPS) is 10.3. The van der Waals surface area contributed by atoms with Crippen molar-refractivity contribution in [3.63, 3.8) is 0 Å². The van der Waals surface area contributed by atoms with E-state index in [-0.39, 0.29) is 5.82 Å². The van der Waals surface area contributed by atoms with Crippen molar-refractivity contribution in [1.82, 2.24) is 9.55 Å². The second-order valence-corrected chi connectivity index (χ2v) is 4.72. The van der Waals surface area contributed by atoms with Crippen LogP contribution in [-0.4, -0.2) is 23.1 Å². The fraction of sp³-hybridized carbons (Fsp3) is 0.333. The van der Waals surface area contributed by atoms with E-state index in [4.69, 9.17) is 5.26 Å². The maximum atomic E-state index is 13.8. The molecule has 0 unspecified atom stereocenters. The summed E-state index contributed by atoms with van der Waals surface area (Å²) in [6, 6.07) is 6.49. The number of imidazole rings is 1. The van der Waals surface area contributed by atoms with Crippen molar-refractivity contribution in [3.8, 4) is 6.07 Å². The van der Waals surface area contributed by atoms with Crippen molar-refractivity contribution < 1.29 is 4.39 Å². The van der Waals surface area contributed by atoms with E-state index < -0.39 is 0 Å². The van der Waals surface area contributed by atoms with Gasteiger partial charge in [-0.3, -0.25) is 0 Å². The minimum absolute atomic E-state index is 0.341. The summed E-state index contributed by atoms with van der Waals surface area (Å²) in [6.07, 6.45) is 4.62. The zero-order valence-electron chi connectivity index (χ0n) is 11.7. The Kier molecular flexibility index (Phi) is 4.36. The molecule has 0 N–H and O–H groups in total. The highest BCUT2D eigenvalue weighted by atomic mass is 19.1. The molecule has 4 nitrogen and oxygen atoms in total. The van der Waals surface area contributed by atoms with Crippen molar-refractivity contribution in [2.75, 3.05) is 18.5 Å². The summed E-state index contributed by atoms with van der Waals surface area (Å²) in [5.74, 6) is 0.627. The predicted octanol–water partition coefficient (Wildman–Crippen LogP) is 2.73. The van der Waals surface area contributed by atoms with E-state index in [1.54, 1.807) is 18.3 Å². The molecule has 0 saturated carbocycles. The molecule has 0 fully saturated rings. The molecule has 0 bridgehead atoms. The molecule has 2 aromatic rings. The van der Waals surface area contributed by atoms with Gasteiger partial charge in [-0.1, -0.05) is 0 Å². The first-order valence-electron chi connectivity index (χ1n) is 6.50. The highest BCUT2D eigenvalue weighted by molar-refractivity contribution is 5.50. The Morgan fingerprint density at radius 3 is 2.85 bits per heavy atom. The fourth-order valence-electron chi connectivity index (χ4n) is 2.12. The average Bonchev–Trinajstić information content (AvgIpc) is 2.84. The van der Waals surface area contributed by atoms with Crippen LogP contribution in [-0.2, 0) is 6.54 Å². The molecule has 0 amide bonds. The van der Waals surface area contributed by atoms with Crippen LogP contribution in [0.3, 0.4) is 0 Å². The summed E-state index contributed by atoms with van der Waals surface area (Å²) in [6.45, 7) is 3.55. The zero-order chi connectivity index (χ0) is 14.5. The maximum absolute atomic E-state index is 13.8. The van der Waals surface area contributed by atoms with Crippen molar-refractivity contribution in [3.05, 3.63) is 47.8 Å². The molecule has 0 aliphatic carbocycles. The Hall–Kier alpha value is -2.35. The van der Waals surface area contributed by atoms with Gasteiger partial charge in [0.25, 0.3) is 0 Å². The summed E-state index contributed by atoms with van der Waals surface area (Å²) in [4.78, 5) is 6.03. The Bertz CT molecular complexity index is 627. The summed E-state index contributed by atoms with van der Waals surface area (Å²) < 4.78 is 15.9. The lowest BCUT2D eigenvalue weighted by atomic mass is 10.2. The van der Waals surface area contributed by atoms with Crippen molar-refractivity contribution in [2.45, 2.75) is 19.9 Å². The van der Waals surface area contributed by atoms with Gasteiger partial charge >= 0.3 is 0 Å². The standard InChI is InChI=1S/C15H17FN4/c1-12-18-6-9-20(12)8-3-7-19(2)15-5-4-13(11-17)10-14(15)16/h4-6,9-10H,3,7-8H2,1-2H3. The molecule has 0 saturated heterocycles. The van der Waals surface area contributed by atoms with E-state index in [9.17, 15) is 4.39 Å². The zero-order valence-corrected chi connectivity index (χ0v) is 11.7. The van der Waals surface area contributed by atoms with E-state index in [0.29, 0.717) is 11.3 Å². The SMILES string of the molecule is Cc1nccn1CCCN(C)c1ccc(C#N)cc1F. The predicted molar refractivity (Wildman–Crippen MR) is 76.0 cm³/mol. The van der Waals surface area contributed by atoms with E-state index in [1.807, 2.05) is 31.1 Å². The third-order valence-corrected chi connectivity index (χ3v) is 3.30. The molecule has 1 aromatic carbocycles. The second kappa shape index (κ2) is 6.20. The molecule has 104 valence electrons. The minimum Gasteiger partial charge on any atom is -0.372 e. The molecule has 0 spiro atoms. The maximum Gasteiger partial charge on any atom is 0.147 e. The van der Waals surface area contributed by atoms with Crippen LogP contribution < -0.4 is 4.90 Å². The quantitative estimate of drug-likeness (QED) is 0.840. The second-order valence-electron chi connectivity index (χ2n) is 4.72. The molecular weight excluding hydrogens is 255 g/mol. The van der Waals surface area contributed by atoms with Gasteiger partial charge in [-0.25, -0.2) is 9.37 Å².